The minimum atomic E-state index is -4.80. The molecule has 1 amide bonds. The van der Waals surface area contributed by atoms with E-state index in [1.807, 2.05) is 6.92 Å². The molecule has 1 aliphatic rings. The minimum absolute atomic E-state index is 0.178. The van der Waals surface area contributed by atoms with Gasteiger partial charge in [-0.25, -0.2) is 14.8 Å². The molecule has 0 aliphatic carbocycles. The zero-order valence-corrected chi connectivity index (χ0v) is 17.1. The summed E-state index contributed by atoms with van der Waals surface area (Å²) in [6.07, 6.45) is -3.69. The predicted molar refractivity (Wildman–Crippen MR) is 107 cm³/mol. The number of alkyl halides is 3. The molecule has 0 saturated carbocycles. The molecule has 2 heterocycles. The van der Waals surface area contributed by atoms with E-state index in [4.69, 9.17) is 9.47 Å². The Morgan fingerprint density at radius 2 is 1.97 bits per heavy atom. The molecular formula is C22H18F3N3O4. The largest absolute Gasteiger partial charge is 0.573 e. The second-order valence-corrected chi connectivity index (χ2v) is 7.07. The molecule has 1 aliphatic heterocycles. The van der Waals surface area contributed by atoms with Gasteiger partial charge in [-0.05, 0) is 42.8 Å². The predicted octanol–water partition coefficient (Wildman–Crippen LogP) is 4.87. The van der Waals surface area contributed by atoms with Crippen LogP contribution in [0.1, 0.15) is 17.1 Å². The highest BCUT2D eigenvalue weighted by Crippen LogP contribution is 2.38. The number of aromatic nitrogens is 2. The van der Waals surface area contributed by atoms with Crippen molar-refractivity contribution in [2.45, 2.75) is 26.4 Å². The standard InChI is InChI=1S/C22H18F3N3O4/c1-13-7-8-26-20(27-13)12-28-11-15-9-14(3-6-18(15)31-21(28)29)17-5-4-16(10-19(17)30-2)32-22(23,24)25/h3-10H,11-12H2,1-2H3. The van der Waals surface area contributed by atoms with Crippen molar-refractivity contribution in [3.63, 3.8) is 0 Å². The van der Waals surface area contributed by atoms with Crippen LogP contribution in [-0.2, 0) is 13.1 Å². The van der Waals surface area contributed by atoms with E-state index in [2.05, 4.69) is 14.7 Å². The van der Waals surface area contributed by atoms with Crippen molar-refractivity contribution in [1.82, 2.24) is 14.9 Å². The maximum absolute atomic E-state index is 12.5. The fourth-order valence-corrected chi connectivity index (χ4v) is 3.37. The smallest absolute Gasteiger partial charge is 0.496 e. The van der Waals surface area contributed by atoms with E-state index in [0.29, 0.717) is 22.7 Å². The first-order valence-corrected chi connectivity index (χ1v) is 9.54. The fraction of sp³-hybridized carbons (Fsp3) is 0.227. The number of ether oxygens (including phenoxy) is 3. The first-order valence-electron chi connectivity index (χ1n) is 9.54. The van der Waals surface area contributed by atoms with Crippen LogP contribution in [0.15, 0.2) is 48.7 Å². The van der Waals surface area contributed by atoms with Crippen molar-refractivity contribution in [1.29, 1.82) is 0 Å². The highest BCUT2D eigenvalue weighted by molar-refractivity contribution is 5.77. The lowest BCUT2D eigenvalue weighted by Gasteiger charge is -2.28. The third kappa shape index (κ3) is 4.74. The first kappa shape index (κ1) is 21.4. The molecule has 0 atom stereocenters. The summed E-state index contributed by atoms with van der Waals surface area (Å²) in [7, 11) is 1.36. The Morgan fingerprint density at radius 1 is 1.16 bits per heavy atom. The van der Waals surface area contributed by atoms with Crippen LogP contribution >= 0.6 is 0 Å². The number of benzene rings is 2. The van der Waals surface area contributed by atoms with E-state index in [0.717, 1.165) is 11.3 Å². The average molecular weight is 445 g/mol. The van der Waals surface area contributed by atoms with Crippen molar-refractivity contribution >= 4 is 6.09 Å². The molecule has 3 aromatic rings. The number of halogens is 3. The van der Waals surface area contributed by atoms with E-state index in [9.17, 15) is 18.0 Å². The number of fused-ring (bicyclic) bond motifs is 1. The first-order chi connectivity index (χ1) is 15.2. The second kappa shape index (κ2) is 8.37. The summed E-state index contributed by atoms with van der Waals surface area (Å²) < 4.78 is 52.2. The summed E-state index contributed by atoms with van der Waals surface area (Å²) in [6.45, 7) is 2.27. The number of hydrogen-bond donors (Lipinski definition) is 0. The molecule has 0 saturated heterocycles. The number of nitrogens with zero attached hydrogens (tertiary/aromatic N) is 3. The number of carbonyl (C=O) groups excluding carboxylic acids is 1. The lowest BCUT2D eigenvalue weighted by Crippen LogP contribution is -2.37. The molecule has 4 rings (SSSR count). The Hall–Kier alpha value is -3.82. The fourth-order valence-electron chi connectivity index (χ4n) is 3.37. The van der Waals surface area contributed by atoms with Gasteiger partial charge in [0.25, 0.3) is 0 Å². The molecule has 0 spiro atoms. The second-order valence-electron chi connectivity index (χ2n) is 7.07. The van der Waals surface area contributed by atoms with Gasteiger partial charge in [0, 0.05) is 29.1 Å². The summed E-state index contributed by atoms with van der Waals surface area (Å²) in [6, 6.07) is 10.8. The van der Waals surface area contributed by atoms with Gasteiger partial charge in [-0.2, -0.15) is 0 Å². The lowest BCUT2D eigenvalue weighted by molar-refractivity contribution is -0.274. The van der Waals surface area contributed by atoms with E-state index >= 15 is 0 Å². The van der Waals surface area contributed by atoms with Crippen LogP contribution in [-0.4, -0.2) is 34.4 Å². The molecule has 2 aromatic carbocycles. The van der Waals surface area contributed by atoms with Gasteiger partial charge in [-0.1, -0.05) is 6.07 Å². The van der Waals surface area contributed by atoms with E-state index in [-0.39, 0.29) is 24.6 Å². The SMILES string of the molecule is COc1cc(OC(F)(F)F)ccc1-c1ccc2c(c1)CN(Cc1nccc(C)n1)C(=O)O2. The van der Waals surface area contributed by atoms with Gasteiger partial charge < -0.3 is 14.2 Å². The quantitative estimate of drug-likeness (QED) is 0.558. The Balaban J connectivity index is 1.61. The zero-order valence-electron chi connectivity index (χ0n) is 17.1. The third-order valence-electron chi connectivity index (χ3n) is 4.77. The van der Waals surface area contributed by atoms with Crippen molar-refractivity contribution in [2.24, 2.45) is 0 Å². The van der Waals surface area contributed by atoms with Crippen LogP contribution in [0.4, 0.5) is 18.0 Å². The van der Waals surface area contributed by atoms with Gasteiger partial charge in [0.2, 0.25) is 0 Å². The molecule has 0 fully saturated rings. The number of carbonyl (C=O) groups is 1. The van der Waals surface area contributed by atoms with Crippen LogP contribution in [0.2, 0.25) is 0 Å². The maximum atomic E-state index is 12.5. The van der Waals surface area contributed by atoms with Crippen molar-refractivity contribution in [3.05, 3.63) is 65.7 Å². The Kier molecular flexibility index (Phi) is 5.60. The molecule has 32 heavy (non-hydrogen) atoms. The maximum Gasteiger partial charge on any atom is 0.573 e. The monoisotopic (exact) mass is 445 g/mol. The summed E-state index contributed by atoms with van der Waals surface area (Å²) in [5, 5.41) is 0. The summed E-state index contributed by atoms with van der Waals surface area (Å²) in [5.74, 6) is 0.735. The summed E-state index contributed by atoms with van der Waals surface area (Å²) in [4.78, 5) is 22.3. The highest BCUT2D eigenvalue weighted by atomic mass is 19.4. The zero-order chi connectivity index (χ0) is 22.9. The summed E-state index contributed by atoms with van der Waals surface area (Å²) >= 11 is 0. The van der Waals surface area contributed by atoms with E-state index in [1.54, 1.807) is 30.5 Å². The van der Waals surface area contributed by atoms with Crippen LogP contribution < -0.4 is 14.2 Å². The molecule has 166 valence electrons. The van der Waals surface area contributed by atoms with Gasteiger partial charge in [0.1, 0.15) is 23.1 Å². The van der Waals surface area contributed by atoms with Gasteiger partial charge in [0.15, 0.2) is 0 Å². The number of hydrogen-bond acceptors (Lipinski definition) is 6. The van der Waals surface area contributed by atoms with Gasteiger partial charge in [-0.15, -0.1) is 13.2 Å². The molecule has 10 heteroatoms. The third-order valence-corrected chi connectivity index (χ3v) is 4.77. The number of methoxy groups -OCH3 is 1. The molecule has 0 radical (unpaired) electrons. The van der Waals surface area contributed by atoms with Crippen LogP contribution in [0, 0.1) is 6.92 Å². The van der Waals surface area contributed by atoms with Crippen LogP contribution in [0.3, 0.4) is 0 Å². The average Bonchev–Trinajstić information content (AvgIpc) is 2.73. The lowest BCUT2D eigenvalue weighted by atomic mass is 10.0. The van der Waals surface area contributed by atoms with Crippen LogP contribution in [0.25, 0.3) is 11.1 Å². The molecular weight excluding hydrogens is 427 g/mol. The summed E-state index contributed by atoms with van der Waals surface area (Å²) in [5.41, 5.74) is 2.76. The Morgan fingerprint density at radius 3 is 2.69 bits per heavy atom. The van der Waals surface area contributed by atoms with Gasteiger partial charge in [0.05, 0.1) is 20.2 Å². The van der Waals surface area contributed by atoms with Gasteiger partial charge in [-0.3, -0.25) is 4.90 Å². The Labute approximate surface area is 181 Å². The highest BCUT2D eigenvalue weighted by Gasteiger charge is 2.31. The molecule has 1 aromatic heterocycles. The van der Waals surface area contributed by atoms with Crippen molar-refractivity contribution in [2.75, 3.05) is 7.11 Å². The van der Waals surface area contributed by atoms with Crippen LogP contribution in [0.5, 0.6) is 17.2 Å². The minimum Gasteiger partial charge on any atom is -0.496 e. The van der Waals surface area contributed by atoms with Crippen molar-refractivity contribution in [3.8, 4) is 28.4 Å². The normalized spacial score (nSPS) is 13.4. The number of amides is 1. The molecule has 0 unspecified atom stereocenters. The number of rotatable bonds is 5. The van der Waals surface area contributed by atoms with E-state index < -0.39 is 12.5 Å². The molecule has 7 nitrogen and oxygen atoms in total. The topological polar surface area (TPSA) is 73.8 Å². The number of aryl methyl sites for hydroxylation is 1. The molecule has 0 N–H and O–H groups in total. The molecule has 0 bridgehead atoms. The van der Waals surface area contributed by atoms with E-state index in [1.165, 1.54) is 30.2 Å². The van der Waals surface area contributed by atoms with Crippen molar-refractivity contribution < 1.29 is 32.2 Å². The van der Waals surface area contributed by atoms with Gasteiger partial charge >= 0.3 is 12.5 Å². The Bertz CT molecular complexity index is 1170.